The van der Waals surface area contributed by atoms with E-state index in [4.69, 9.17) is 10.00 Å². The second kappa shape index (κ2) is 7.56. The second-order valence-corrected chi connectivity index (χ2v) is 6.54. The zero-order valence-corrected chi connectivity index (χ0v) is 16.0. The molecule has 1 aliphatic heterocycles. The van der Waals surface area contributed by atoms with Crippen molar-refractivity contribution in [3.63, 3.8) is 0 Å². The number of amides is 4. The lowest BCUT2D eigenvalue weighted by Crippen LogP contribution is -2.54. The maximum absolute atomic E-state index is 13.1. The third-order valence-corrected chi connectivity index (χ3v) is 4.79. The number of imide groups is 2. The van der Waals surface area contributed by atoms with Gasteiger partial charge < -0.3 is 9.30 Å². The first-order valence-electron chi connectivity index (χ1n) is 9.04. The van der Waals surface area contributed by atoms with Gasteiger partial charge in [-0.1, -0.05) is 18.2 Å². The third-order valence-electron chi connectivity index (χ3n) is 4.79. The maximum atomic E-state index is 13.1. The van der Waals surface area contributed by atoms with Crippen molar-refractivity contribution in [3.05, 3.63) is 65.9 Å². The molecule has 8 heteroatoms. The lowest BCUT2D eigenvalue weighted by molar-refractivity contribution is -0.122. The SMILES string of the molecule is COc1ccc(N2C(=O)NC(=O)C(=Cc3cn(CC#N)c4ccccc34)C2=O)cc1. The summed E-state index contributed by atoms with van der Waals surface area (Å²) in [5, 5.41) is 12.1. The van der Waals surface area contributed by atoms with Gasteiger partial charge in [-0.2, -0.15) is 5.26 Å². The first kappa shape index (κ1) is 19.0. The molecule has 4 rings (SSSR count). The van der Waals surface area contributed by atoms with Crippen molar-refractivity contribution >= 4 is 40.5 Å². The van der Waals surface area contributed by atoms with E-state index >= 15 is 0 Å². The summed E-state index contributed by atoms with van der Waals surface area (Å²) < 4.78 is 6.83. The molecule has 2 aromatic carbocycles. The van der Waals surface area contributed by atoms with Crippen LogP contribution in [-0.4, -0.2) is 29.5 Å². The van der Waals surface area contributed by atoms with Gasteiger partial charge in [-0.3, -0.25) is 14.9 Å². The molecule has 0 saturated carbocycles. The Hall–Kier alpha value is -4.38. The fraction of sp³-hybridized carbons (Fsp3) is 0.0909. The largest absolute Gasteiger partial charge is 0.497 e. The van der Waals surface area contributed by atoms with Crippen LogP contribution in [0.4, 0.5) is 10.5 Å². The number of fused-ring (bicyclic) bond motifs is 1. The number of aromatic nitrogens is 1. The standard InChI is InChI=1S/C22H16N4O4/c1-30-16-8-6-15(7-9-16)26-21(28)18(20(27)24-22(26)29)12-14-13-25(11-10-23)19-5-3-2-4-17(14)19/h2-9,12-13H,11H2,1H3,(H,24,27,29). The molecule has 0 unspecified atom stereocenters. The molecule has 0 aliphatic carbocycles. The lowest BCUT2D eigenvalue weighted by Gasteiger charge is -2.26. The number of hydrogen-bond acceptors (Lipinski definition) is 5. The Labute approximate surface area is 171 Å². The number of para-hydroxylation sites is 1. The number of methoxy groups -OCH3 is 1. The van der Waals surface area contributed by atoms with E-state index < -0.39 is 17.8 Å². The number of barbiturate groups is 1. The highest BCUT2D eigenvalue weighted by molar-refractivity contribution is 6.39. The Bertz CT molecular complexity index is 1250. The first-order chi connectivity index (χ1) is 14.5. The van der Waals surface area contributed by atoms with Crippen LogP contribution in [0.2, 0.25) is 0 Å². The maximum Gasteiger partial charge on any atom is 0.335 e. The summed E-state index contributed by atoms with van der Waals surface area (Å²) in [6, 6.07) is 15.0. The number of hydrogen-bond donors (Lipinski definition) is 1. The van der Waals surface area contributed by atoms with Gasteiger partial charge in [0.1, 0.15) is 17.9 Å². The van der Waals surface area contributed by atoms with E-state index in [2.05, 4.69) is 11.4 Å². The Morgan fingerprint density at radius 1 is 1.10 bits per heavy atom. The predicted molar refractivity (Wildman–Crippen MR) is 110 cm³/mol. The van der Waals surface area contributed by atoms with Crippen LogP contribution >= 0.6 is 0 Å². The normalized spacial score (nSPS) is 15.4. The quantitative estimate of drug-likeness (QED) is 0.536. The summed E-state index contributed by atoms with van der Waals surface area (Å²) in [5.41, 5.74) is 1.54. The van der Waals surface area contributed by atoms with Gasteiger partial charge in [0.15, 0.2) is 0 Å². The highest BCUT2D eigenvalue weighted by Gasteiger charge is 2.37. The number of nitriles is 1. The molecule has 3 aromatic rings. The van der Waals surface area contributed by atoms with Crippen molar-refractivity contribution in [1.82, 2.24) is 9.88 Å². The van der Waals surface area contributed by atoms with Gasteiger partial charge >= 0.3 is 6.03 Å². The summed E-state index contributed by atoms with van der Waals surface area (Å²) >= 11 is 0. The van der Waals surface area contributed by atoms with Crippen LogP contribution < -0.4 is 15.0 Å². The molecule has 0 atom stereocenters. The number of anilines is 1. The fourth-order valence-corrected chi connectivity index (χ4v) is 3.38. The molecule has 1 aliphatic rings. The number of nitrogens with zero attached hydrogens (tertiary/aromatic N) is 3. The van der Waals surface area contributed by atoms with Crippen molar-refractivity contribution < 1.29 is 19.1 Å². The van der Waals surface area contributed by atoms with E-state index in [1.165, 1.54) is 13.2 Å². The van der Waals surface area contributed by atoms with Crippen LogP contribution in [0.5, 0.6) is 5.75 Å². The first-order valence-corrected chi connectivity index (χ1v) is 9.04. The Morgan fingerprint density at radius 3 is 2.53 bits per heavy atom. The molecule has 0 bridgehead atoms. The number of carbonyl (C=O) groups excluding carboxylic acids is 3. The third kappa shape index (κ3) is 3.18. The zero-order valence-electron chi connectivity index (χ0n) is 16.0. The van der Waals surface area contributed by atoms with E-state index in [1.807, 2.05) is 24.3 Å². The predicted octanol–water partition coefficient (Wildman–Crippen LogP) is 2.84. The molecule has 2 heterocycles. The molecule has 8 nitrogen and oxygen atoms in total. The van der Waals surface area contributed by atoms with Crippen LogP contribution in [0.3, 0.4) is 0 Å². The monoisotopic (exact) mass is 400 g/mol. The Balaban J connectivity index is 1.78. The van der Waals surface area contributed by atoms with Crippen LogP contribution in [-0.2, 0) is 16.1 Å². The van der Waals surface area contributed by atoms with E-state index in [0.717, 1.165) is 15.8 Å². The van der Waals surface area contributed by atoms with Gasteiger partial charge in [0, 0.05) is 22.7 Å². The summed E-state index contributed by atoms with van der Waals surface area (Å²) in [5.74, 6) is -0.932. The fourth-order valence-electron chi connectivity index (χ4n) is 3.38. The molecule has 148 valence electrons. The number of rotatable bonds is 4. The summed E-state index contributed by atoms with van der Waals surface area (Å²) in [4.78, 5) is 38.7. The number of ether oxygens (including phenoxy) is 1. The van der Waals surface area contributed by atoms with Gasteiger partial charge in [-0.15, -0.1) is 0 Å². The van der Waals surface area contributed by atoms with Gasteiger partial charge in [-0.25, -0.2) is 9.69 Å². The van der Waals surface area contributed by atoms with Gasteiger partial charge in [-0.05, 0) is 36.4 Å². The topological polar surface area (TPSA) is 104 Å². The average molecular weight is 400 g/mol. The number of carbonyl (C=O) groups is 3. The second-order valence-electron chi connectivity index (χ2n) is 6.54. The van der Waals surface area contributed by atoms with Crippen LogP contribution in [0.15, 0.2) is 60.3 Å². The highest BCUT2D eigenvalue weighted by atomic mass is 16.5. The van der Waals surface area contributed by atoms with Crippen molar-refractivity contribution in [2.45, 2.75) is 6.54 Å². The molecule has 1 aromatic heterocycles. The van der Waals surface area contributed by atoms with Gasteiger partial charge in [0.05, 0.1) is 18.9 Å². The van der Waals surface area contributed by atoms with E-state index in [1.54, 1.807) is 35.0 Å². The lowest BCUT2D eigenvalue weighted by atomic mass is 10.1. The highest BCUT2D eigenvalue weighted by Crippen LogP contribution is 2.27. The van der Waals surface area contributed by atoms with Crippen LogP contribution in [0, 0.1) is 11.3 Å². The summed E-state index contributed by atoms with van der Waals surface area (Å²) in [6.07, 6.45) is 3.15. The Kier molecular flexibility index (Phi) is 4.78. The molecule has 1 saturated heterocycles. The average Bonchev–Trinajstić information content (AvgIpc) is 3.09. The number of benzene rings is 2. The van der Waals surface area contributed by atoms with Crippen molar-refractivity contribution in [1.29, 1.82) is 5.26 Å². The minimum Gasteiger partial charge on any atom is -0.497 e. The molecule has 1 fully saturated rings. The zero-order chi connectivity index (χ0) is 21.3. The molecule has 30 heavy (non-hydrogen) atoms. The Morgan fingerprint density at radius 2 is 1.83 bits per heavy atom. The number of nitrogens with one attached hydrogen (secondary N) is 1. The molecule has 1 N–H and O–H groups in total. The van der Waals surface area contributed by atoms with Crippen LogP contribution in [0.1, 0.15) is 5.56 Å². The van der Waals surface area contributed by atoms with E-state index in [0.29, 0.717) is 17.0 Å². The van der Waals surface area contributed by atoms with Crippen molar-refractivity contribution in [2.75, 3.05) is 12.0 Å². The minimum absolute atomic E-state index is 0.125. The van der Waals surface area contributed by atoms with Crippen molar-refractivity contribution in [3.8, 4) is 11.8 Å². The van der Waals surface area contributed by atoms with Crippen LogP contribution in [0.25, 0.3) is 17.0 Å². The van der Waals surface area contributed by atoms with E-state index in [9.17, 15) is 14.4 Å². The molecular formula is C22H16N4O4. The van der Waals surface area contributed by atoms with Gasteiger partial charge in [0.25, 0.3) is 11.8 Å². The summed E-state index contributed by atoms with van der Waals surface area (Å²) in [6.45, 7) is 0.125. The minimum atomic E-state index is -0.820. The summed E-state index contributed by atoms with van der Waals surface area (Å²) in [7, 11) is 1.51. The smallest absolute Gasteiger partial charge is 0.335 e. The van der Waals surface area contributed by atoms with E-state index in [-0.39, 0.29) is 12.1 Å². The number of urea groups is 1. The molecule has 0 spiro atoms. The van der Waals surface area contributed by atoms with Crippen molar-refractivity contribution in [2.24, 2.45) is 0 Å². The molecule has 0 radical (unpaired) electrons. The molecular weight excluding hydrogens is 384 g/mol. The van der Waals surface area contributed by atoms with Gasteiger partial charge in [0.2, 0.25) is 0 Å². The molecule has 4 amide bonds.